The monoisotopic (exact) mass is 250 g/mol. The first-order valence-corrected chi connectivity index (χ1v) is 5.59. The summed E-state index contributed by atoms with van der Waals surface area (Å²) in [6.45, 7) is 1.58. The van der Waals surface area contributed by atoms with Crippen LogP contribution in [0.4, 0.5) is 0 Å². The van der Waals surface area contributed by atoms with E-state index in [9.17, 15) is 9.59 Å². The Morgan fingerprint density at radius 1 is 1.41 bits per heavy atom. The van der Waals surface area contributed by atoms with Gasteiger partial charge >= 0.3 is 5.97 Å². The molecule has 0 radical (unpaired) electrons. The van der Waals surface area contributed by atoms with Crippen molar-refractivity contribution in [1.29, 1.82) is 0 Å². The second-order valence-electron chi connectivity index (χ2n) is 3.92. The van der Waals surface area contributed by atoms with Crippen LogP contribution >= 0.6 is 11.6 Å². The van der Waals surface area contributed by atoms with Gasteiger partial charge in [0.1, 0.15) is 18.3 Å². The van der Waals surface area contributed by atoms with Crippen LogP contribution in [0.3, 0.4) is 0 Å². The number of ketones is 1. The zero-order chi connectivity index (χ0) is 12.4. The zero-order valence-corrected chi connectivity index (χ0v) is 10.0. The Hall–Kier alpha value is -1.61. The molecule has 1 atom stereocenters. The molecule has 0 amide bonds. The van der Waals surface area contributed by atoms with E-state index in [0.29, 0.717) is 10.6 Å². The normalized spacial score (nSPS) is 21.6. The predicted molar refractivity (Wildman–Crippen MR) is 64.6 cm³/mol. The topological polar surface area (TPSA) is 43.4 Å². The number of hydrogen-bond donors (Lipinski definition) is 0. The van der Waals surface area contributed by atoms with Crippen LogP contribution < -0.4 is 0 Å². The summed E-state index contributed by atoms with van der Waals surface area (Å²) in [5.74, 6) is -1.39. The molecule has 0 aromatic heterocycles. The number of carbonyl (C=O) groups excluding carboxylic acids is 2. The third-order valence-electron chi connectivity index (χ3n) is 2.62. The minimum Gasteiger partial charge on any atom is -0.460 e. The van der Waals surface area contributed by atoms with Gasteiger partial charge in [-0.05, 0) is 30.2 Å². The second-order valence-corrected chi connectivity index (χ2v) is 4.36. The van der Waals surface area contributed by atoms with Crippen LogP contribution in [0.5, 0.6) is 0 Å². The Morgan fingerprint density at radius 2 is 2.06 bits per heavy atom. The minimum absolute atomic E-state index is 0.186. The lowest BCUT2D eigenvalue weighted by atomic mass is 9.96. The molecule has 1 aliphatic heterocycles. The standard InChI is InChI=1S/C13H11ClO3/c1-8(15)12-10(7-17-13(12)16)6-9-2-4-11(14)5-3-9/h2-6,12H,7H2,1H3. The highest BCUT2D eigenvalue weighted by molar-refractivity contribution is 6.30. The molecule has 17 heavy (non-hydrogen) atoms. The predicted octanol–water partition coefficient (Wildman–Crippen LogP) is 2.49. The van der Waals surface area contributed by atoms with Gasteiger partial charge in [0.05, 0.1) is 0 Å². The first-order valence-electron chi connectivity index (χ1n) is 5.21. The molecule has 1 heterocycles. The quantitative estimate of drug-likeness (QED) is 0.598. The Bertz CT molecular complexity index is 488. The Labute approximate surface area is 104 Å². The van der Waals surface area contributed by atoms with E-state index in [2.05, 4.69) is 0 Å². The van der Waals surface area contributed by atoms with Crippen molar-refractivity contribution in [2.75, 3.05) is 6.61 Å². The number of cyclic esters (lactones) is 1. The third-order valence-corrected chi connectivity index (χ3v) is 2.87. The van der Waals surface area contributed by atoms with Gasteiger partial charge in [-0.3, -0.25) is 9.59 Å². The molecule has 1 saturated heterocycles. The number of rotatable bonds is 2. The third kappa shape index (κ3) is 2.56. The van der Waals surface area contributed by atoms with Crippen molar-refractivity contribution >= 4 is 29.4 Å². The lowest BCUT2D eigenvalue weighted by Gasteiger charge is -2.02. The molecule has 0 saturated carbocycles. The van der Waals surface area contributed by atoms with Crippen molar-refractivity contribution in [3.8, 4) is 0 Å². The lowest BCUT2D eigenvalue weighted by Crippen LogP contribution is -2.17. The molecule has 0 aliphatic carbocycles. The Morgan fingerprint density at radius 3 is 2.65 bits per heavy atom. The first kappa shape index (κ1) is 11.9. The van der Waals surface area contributed by atoms with E-state index < -0.39 is 11.9 Å². The highest BCUT2D eigenvalue weighted by Crippen LogP contribution is 2.25. The van der Waals surface area contributed by atoms with Crippen molar-refractivity contribution in [3.05, 3.63) is 40.4 Å². The van der Waals surface area contributed by atoms with Crippen LogP contribution in [0.15, 0.2) is 29.8 Å². The van der Waals surface area contributed by atoms with Gasteiger partial charge in [-0.15, -0.1) is 0 Å². The molecule has 0 bridgehead atoms. The van der Waals surface area contributed by atoms with E-state index in [1.807, 2.05) is 12.1 Å². The summed E-state index contributed by atoms with van der Waals surface area (Å²) in [7, 11) is 0. The number of benzene rings is 1. The molecule has 1 aromatic rings. The second kappa shape index (κ2) is 4.72. The number of esters is 1. The fourth-order valence-electron chi connectivity index (χ4n) is 1.80. The van der Waals surface area contributed by atoms with Crippen molar-refractivity contribution in [2.45, 2.75) is 6.92 Å². The maximum Gasteiger partial charge on any atom is 0.321 e. The first-order chi connectivity index (χ1) is 8.08. The van der Waals surface area contributed by atoms with Crippen LogP contribution in [-0.2, 0) is 14.3 Å². The molecular weight excluding hydrogens is 240 g/mol. The van der Waals surface area contributed by atoms with Gasteiger partial charge in [0.15, 0.2) is 0 Å². The molecule has 88 valence electrons. The van der Waals surface area contributed by atoms with E-state index in [4.69, 9.17) is 16.3 Å². The molecule has 3 nitrogen and oxygen atoms in total. The fraction of sp³-hybridized carbons (Fsp3) is 0.231. The minimum atomic E-state index is -0.745. The highest BCUT2D eigenvalue weighted by Gasteiger charge is 2.35. The molecule has 1 aromatic carbocycles. The summed E-state index contributed by atoms with van der Waals surface area (Å²) < 4.78 is 4.88. The number of carbonyl (C=O) groups is 2. The van der Waals surface area contributed by atoms with E-state index in [1.165, 1.54) is 6.92 Å². The molecule has 0 N–H and O–H groups in total. The van der Waals surface area contributed by atoms with Crippen LogP contribution in [0, 0.1) is 5.92 Å². The van der Waals surface area contributed by atoms with Crippen LogP contribution in [0.25, 0.3) is 6.08 Å². The van der Waals surface area contributed by atoms with Crippen molar-refractivity contribution in [1.82, 2.24) is 0 Å². The average Bonchev–Trinajstić information content (AvgIpc) is 2.63. The molecule has 1 aliphatic rings. The summed E-state index contributed by atoms with van der Waals surface area (Å²) in [5.41, 5.74) is 1.60. The SMILES string of the molecule is CC(=O)C1C(=O)OCC1=Cc1ccc(Cl)cc1. The van der Waals surface area contributed by atoms with Gasteiger partial charge in [-0.2, -0.15) is 0 Å². The highest BCUT2D eigenvalue weighted by atomic mass is 35.5. The number of hydrogen-bond acceptors (Lipinski definition) is 3. The molecule has 1 unspecified atom stereocenters. The maximum atomic E-state index is 11.4. The Kier molecular flexibility index (Phi) is 3.29. The van der Waals surface area contributed by atoms with Gasteiger partial charge in [-0.25, -0.2) is 0 Å². The molecule has 1 fully saturated rings. The number of ether oxygens (including phenoxy) is 1. The van der Waals surface area contributed by atoms with E-state index in [1.54, 1.807) is 18.2 Å². The largest absolute Gasteiger partial charge is 0.460 e. The van der Waals surface area contributed by atoms with E-state index in [-0.39, 0.29) is 12.4 Å². The summed E-state index contributed by atoms with van der Waals surface area (Å²) in [5, 5.41) is 0.647. The molecule has 0 spiro atoms. The van der Waals surface area contributed by atoms with Crippen LogP contribution in [0.1, 0.15) is 12.5 Å². The van der Waals surface area contributed by atoms with E-state index >= 15 is 0 Å². The van der Waals surface area contributed by atoms with Gasteiger partial charge in [0, 0.05) is 5.02 Å². The lowest BCUT2D eigenvalue weighted by molar-refractivity contribution is -0.143. The van der Waals surface area contributed by atoms with Gasteiger partial charge < -0.3 is 4.74 Å². The van der Waals surface area contributed by atoms with Crippen molar-refractivity contribution in [3.63, 3.8) is 0 Å². The zero-order valence-electron chi connectivity index (χ0n) is 9.27. The van der Waals surface area contributed by atoms with Crippen LogP contribution in [0.2, 0.25) is 5.02 Å². The summed E-state index contributed by atoms with van der Waals surface area (Å²) in [4.78, 5) is 22.7. The summed E-state index contributed by atoms with van der Waals surface area (Å²) >= 11 is 5.78. The van der Waals surface area contributed by atoms with Crippen molar-refractivity contribution < 1.29 is 14.3 Å². The maximum absolute atomic E-state index is 11.4. The van der Waals surface area contributed by atoms with Crippen molar-refractivity contribution in [2.24, 2.45) is 5.92 Å². The van der Waals surface area contributed by atoms with Gasteiger partial charge in [-0.1, -0.05) is 29.8 Å². The van der Waals surface area contributed by atoms with Crippen LogP contribution in [-0.4, -0.2) is 18.4 Å². The van der Waals surface area contributed by atoms with Gasteiger partial charge in [0.25, 0.3) is 0 Å². The molecular formula is C13H11ClO3. The molecule has 2 rings (SSSR count). The summed E-state index contributed by atoms with van der Waals surface area (Å²) in [6, 6.07) is 7.17. The number of Topliss-reactive ketones (excluding diaryl/α,β-unsaturated/α-hetero) is 1. The smallest absolute Gasteiger partial charge is 0.321 e. The number of halogens is 1. The van der Waals surface area contributed by atoms with E-state index in [0.717, 1.165) is 5.56 Å². The van der Waals surface area contributed by atoms with Gasteiger partial charge in [0.2, 0.25) is 0 Å². The fourth-order valence-corrected chi connectivity index (χ4v) is 1.92. The Balaban J connectivity index is 2.30. The molecule has 4 heteroatoms. The average molecular weight is 251 g/mol. The summed E-state index contributed by atoms with van der Waals surface area (Å²) in [6.07, 6.45) is 1.80.